The Hall–Kier alpha value is 0. The van der Waals surface area contributed by atoms with Gasteiger partial charge in [0.1, 0.15) is 0 Å². The minimum absolute atomic E-state index is 0.801. The van der Waals surface area contributed by atoms with Crippen molar-refractivity contribution in [2.75, 3.05) is 0 Å². The van der Waals surface area contributed by atoms with Crippen LogP contribution in [0.15, 0.2) is 0 Å². The molecule has 0 aromatic rings. The molecule has 23 atom stereocenters. The van der Waals surface area contributed by atoms with Crippen LogP contribution in [0.25, 0.3) is 0 Å². The molecule has 0 aromatic heterocycles. The van der Waals surface area contributed by atoms with Crippen molar-refractivity contribution in [3.8, 4) is 0 Å². The van der Waals surface area contributed by atoms with Crippen LogP contribution in [0.2, 0.25) is 0 Å². The molecule has 12 fully saturated rings. The van der Waals surface area contributed by atoms with Crippen LogP contribution in [-0.2, 0) is 0 Å². The van der Waals surface area contributed by atoms with Crippen LogP contribution in [0.1, 0.15) is 104 Å². The highest BCUT2D eigenvalue weighted by molar-refractivity contribution is 5.22. The monoisotopic (exact) mass is 524 g/mol. The molecule has 0 saturated heterocycles. The molecule has 0 amide bonds. The summed E-state index contributed by atoms with van der Waals surface area (Å²) in [7, 11) is 0. The number of hydrogen-bond acceptors (Lipinski definition) is 0. The molecule has 1 spiro atoms. The predicted octanol–water partition coefficient (Wildman–Crippen LogP) is 9.19. The number of rotatable bonds is 1. The lowest BCUT2D eigenvalue weighted by molar-refractivity contribution is -0.299. The average molecular weight is 525 g/mol. The smallest absolute Gasteiger partial charge is 0.0207 e. The second-order valence-corrected chi connectivity index (χ2v) is 19.8. The van der Waals surface area contributed by atoms with Gasteiger partial charge in [-0.2, -0.15) is 0 Å². The van der Waals surface area contributed by atoms with Crippen LogP contribution >= 0.6 is 0 Å². The summed E-state index contributed by atoms with van der Waals surface area (Å²) in [6, 6.07) is 0. The highest BCUT2D eigenvalue weighted by Crippen LogP contribution is 2.81. The molecule has 39 heavy (non-hydrogen) atoms. The van der Waals surface area contributed by atoms with E-state index in [0.717, 1.165) is 76.4 Å². The third kappa shape index (κ3) is 2.34. The number of hydrogen-bond donors (Lipinski definition) is 0. The summed E-state index contributed by atoms with van der Waals surface area (Å²) < 4.78 is 0. The van der Waals surface area contributed by atoms with Gasteiger partial charge in [-0.05, 0) is 219 Å². The zero-order chi connectivity index (χ0) is 25.1. The lowest BCUT2D eigenvalue weighted by Gasteiger charge is -2.78. The van der Waals surface area contributed by atoms with Gasteiger partial charge in [-0.15, -0.1) is 0 Å². The van der Waals surface area contributed by atoms with Gasteiger partial charge in [0, 0.05) is 0 Å². The Labute approximate surface area is 239 Å². The first-order valence-corrected chi connectivity index (χ1v) is 19.1. The van der Waals surface area contributed by atoms with Gasteiger partial charge in [0.15, 0.2) is 0 Å². The molecule has 12 rings (SSSR count). The second-order valence-electron chi connectivity index (χ2n) is 19.8. The van der Waals surface area contributed by atoms with Crippen LogP contribution in [0, 0.1) is 136 Å². The quantitative estimate of drug-likeness (QED) is 0.321. The molecule has 0 radical (unpaired) electrons. The molecule has 0 aromatic carbocycles. The zero-order valence-corrected chi connectivity index (χ0v) is 25.1. The molecule has 212 valence electrons. The van der Waals surface area contributed by atoms with Gasteiger partial charge < -0.3 is 0 Å². The van der Waals surface area contributed by atoms with E-state index in [1.807, 2.05) is 0 Å². The van der Waals surface area contributed by atoms with Crippen LogP contribution in [0.3, 0.4) is 0 Å². The van der Waals surface area contributed by atoms with Gasteiger partial charge in [-0.25, -0.2) is 0 Å². The summed E-state index contributed by atoms with van der Waals surface area (Å²) in [5, 5.41) is 0. The van der Waals surface area contributed by atoms with Crippen LogP contribution in [-0.4, -0.2) is 0 Å². The van der Waals surface area contributed by atoms with Crippen molar-refractivity contribution in [2.45, 2.75) is 104 Å². The molecule has 8 bridgehead atoms. The van der Waals surface area contributed by atoms with E-state index in [0.29, 0.717) is 0 Å². The molecule has 0 nitrogen and oxygen atoms in total. The summed E-state index contributed by atoms with van der Waals surface area (Å²) >= 11 is 0. The highest BCUT2D eigenvalue weighted by Gasteiger charge is 2.74. The minimum atomic E-state index is 0.801. The topological polar surface area (TPSA) is 0 Å². The highest BCUT2D eigenvalue weighted by atomic mass is 14.8. The fraction of sp³-hybridized carbons (Fsp3) is 1.00. The normalized spacial score (nSPS) is 74.6. The summed E-state index contributed by atoms with van der Waals surface area (Å²) in [6.07, 6.45) is 23.5. The maximum absolute atomic E-state index is 2.92. The minimum Gasteiger partial charge on any atom is -0.0619 e. The Balaban J connectivity index is 0.993. The fourth-order valence-corrected chi connectivity index (χ4v) is 19.5. The SMILES string of the molecule is CC1C2C3CC4CC5C(CC6CC(C2C3)C6C15)C(C1CC2CCC3CC5CC6C5C(C3C2)C(C)C12CCC62)C4. The second kappa shape index (κ2) is 7.03. The Bertz CT molecular complexity index is 1110. The average Bonchev–Trinajstić information content (AvgIpc) is 2.86. The summed E-state index contributed by atoms with van der Waals surface area (Å²) in [5.74, 6) is 25.5. The maximum Gasteiger partial charge on any atom is -0.0207 e. The van der Waals surface area contributed by atoms with Crippen molar-refractivity contribution >= 4 is 0 Å². The summed E-state index contributed by atoms with van der Waals surface area (Å²) in [6.45, 7) is 5.74. The lowest BCUT2D eigenvalue weighted by atomic mass is 9.27. The van der Waals surface area contributed by atoms with Gasteiger partial charge in [-0.1, -0.05) is 20.3 Å². The van der Waals surface area contributed by atoms with E-state index in [1.165, 1.54) is 59.2 Å². The summed E-state index contributed by atoms with van der Waals surface area (Å²) in [4.78, 5) is 0. The molecule has 0 N–H and O–H groups in total. The van der Waals surface area contributed by atoms with E-state index in [2.05, 4.69) is 13.8 Å². The van der Waals surface area contributed by atoms with Gasteiger partial charge in [0.25, 0.3) is 0 Å². The molecule has 0 heterocycles. The Morgan fingerprint density at radius 2 is 1.10 bits per heavy atom. The van der Waals surface area contributed by atoms with E-state index < -0.39 is 0 Å². The standard InChI is InChI=1S/C39H56/c1-17-34-22-7-20-9-27(26-13-24-15-30(29(34)14-22)37(24)35(17)28(26)10-20)33-11-19-3-4-21-12-23-16-31-32-5-6-39(32,33)18(2)36(38(23)31)25(21)8-19/h17-38H,3-16H2,1-2H3. The maximum atomic E-state index is 2.92. The Kier molecular flexibility index (Phi) is 4.06. The third-order valence-corrected chi connectivity index (χ3v) is 20.1. The van der Waals surface area contributed by atoms with Gasteiger partial charge >= 0.3 is 0 Å². The molecular formula is C39H56. The summed E-state index contributed by atoms with van der Waals surface area (Å²) in [5.41, 5.74) is 0.801. The van der Waals surface area contributed by atoms with E-state index in [4.69, 9.17) is 0 Å². The van der Waals surface area contributed by atoms with Crippen LogP contribution in [0.5, 0.6) is 0 Å². The van der Waals surface area contributed by atoms with E-state index in [9.17, 15) is 0 Å². The largest absolute Gasteiger partial charge is 0.0619 e. The molecule has 23 unspecified atom stereocenters. The molecule has 12 aliphatic carbocycles. The first-order chi connectivity index (χ1) is 19.1. The first kappa shape index (κ1) is 22.5. The fourth-order valence-electron chi connectivity index (χ4n) is 19.5. The molecule has 12 aliphatic rings. The Morgan fingerprint density at radius 1 is 0.410 bits per heavy atom. The molecular weight excluding hydrogens is 468 g/mol. The predicted molar refractivity (Wildman–Crippen MR) is 155 cm³/mol. The van der Waals surface area contributed by atoms with Crippen molar-refractivity contribution in [3.63, 3.8) is 0 Å². The van der Waals surface area contributed by atoms with Crippen molar-refractivity contribution in [3.05, 3.63) is 0 Å². The molecule has 0 aliphatic heterocycles. The van der Waals surface area contributed by atoms with E-state index >= 15 is 0 Å². The van der Waals surface area contributed by atoms with Crippen molar-refractivity contribution < 1.29 is 0 Å². The molecule has 12 saturated carbocycles. The van der Waals surface area contributed by atoms with Gasteiger partial charge in [0.05, 0.1) is 0 Å². The van der Waals surface area contributed by atoms with E-state index in [-0.39, 0.29) is 0 Å². The first-order valence-electron chi connectivity index (χ1n) is 19.1. The molecule has 0 heteroatoms. The zero-order valence-electron chi connectivity index (χ0n) is 25.1. The van der Waals surface area contributed by atoms with Gasteiger partial charge in [-0.3, -0.25) is 0 Å². The van der Waals surface area contributed by atoms with E-state index in [1.54, 1.807) is 89.9 Å². The van der Waals surface area contributed by atoms with Gasteiger partial charge in [0.2, 0.25) is 0 Å². The Morgan fingerprint density at radius 3 is 1.97 bits per heavy atom. The van der Waals surface area contributed by atoms with Crippen molar-refractivity contribution in [2.24, 2.45) is 136 Å². The van der Waals surface area contributed by atoms with Crippen molar-refractivity contribution in [1.29, 1.82) is 0 Å². The third-order valence-electron chi connectivity index (χ3n) is 20.1. The van der Waals surface area contributed by atoms with Crippen molar-refractivity contribution in [1.82, 2.24) is 0 Å². The number of fused-ring (bicyclic) bond motifs is 4. The van der Waals surface area contributed by atoms with Crippen LogP contribution < -0.4 is 0 Å². The lowest BCUT2D eigenvalue weighted by Crippen LogP contribution is -2.72. The van der Waals surface area contributed by atoms with Crippen LogP contribution in [0.4, 0.5) is 0 Å².